The normalized spacial score (nSPS) is 14.0. The van der Waals surface area contributed by atoms with E-state index < -0.39 is 0 Å². The van der Waals surface area contributed by atoms with E-state index in [0.29, 0.717) is 5.92 Å². The van der Waals surface area contributed by atoms with E-state index in [0.717, 1.165) is 30.5 Å². The molecule has 5 nitrogen and oxygen atoms in total. The summed E-state index contributed by atoms with van der Waals surface area (Å²) in [4.78, 5) is 15.6. The standard InChI is InChI=1S/C16H21N5/c1-3-18-14-10-15(20-16(19-14)13-4-5-13)21(2)11-12-6-8-17-9-7-12/h6-10,13H,3-5,11H2,1-2H3,(H,18,19,20). The lowest BCUT2D eigenvalue weighted by molar-refractivity contribution is 0.852. The summed E-state index contributed by atoms with van der Waals surface area (Å²) in [7, 11) is 2.06. The fourth-order valence-corrected chi connectivity index (χ4v) is 2.29. The van der Waals surface area contributed by atoms with Gasteiger partial charge in [0.05, 0.1) is 0 Å². The van der Waals surface area contributed by atoms with E-state index in [1.165, 1.54) is 18.4 Å². The van der Waals surface area contributed by atoms with Gasteiger partial charge in [-0.05, 0) is 37.5 Å². The lowest BCUT2D eigenvalue weighted by Gasteiger charge is -2.20. The molecule has 21 heavy (non-hydrogen) atoms. The second-order valence-corrected chi connectivity index (χ2v) is 5.49. The number of hydrogen-bond donors (Lipinski definition) is 1. The molecule has 1 saturated carbocycles. The molecule has 0 aromatic carbocycles. The van der Waals surface area contributed by atoms with Gasteiger partial charge in [-0.15, -0.1) is 0 Å². The molecule has 1 aliphatic rings. The van der Waals surface area contributed by atoms with Gasteiger partial charge in [0, 0.05) is 44.5 Å². The summed E-state index contributed by atoms with van der Waals surface area (Å²) in [5.41, 5.74) is 1.23. The molecule has 1 N–H and O–H groups in total. The van der Waals surface area contributed by atoms with Gasteiger partial charge in [0.2, 0.25) is 0 Å². The number of pyridine rings is 1. The average Bonchev–Trinajstić information content (AvgIpc) is 3.33. The predicted molar refractivity (Wildman–Crippen MR) is 84.5 cm³/mol. The Labute approximate surface area is 125 Å². The van der Waals surface area contributed by atoms with Crippen molar-refractivity contribution in [3.8, 4) is 0 Å². The fourth-order valence-electron chi connectivity index (χ4n) is 2.29. The Morgan fingerprint density at radius 3 is 2.67 bits per heavy atom. The molecule has 2 aromatic rings. The zero-order valence-corrected chi connectivity index (χ0v) is 12.6. The van der Waals surface area contributed by atoms with Crippen molar-refractivity contribution in [2.24, 2.45) is 0 Å². The van der Waals surface area contributed by atoms with E-state index >= 15 is 0 Å². The molecule has 5 heteroatoms. The summed E-state index contributed by atoms with van der Waals surface area (Å²) < 4.78 is 0. The molecule has 0 unspecified atom stereocenters. The van der Waals surface area contributed by atoms with Crippen LogP contribution in [0.15, 0.2) is 30.6 Å². The highest BCUT2D eigenvalue weighted by Gasteiger charge is 2.27. The third-order valence-electron chi connectivity index (χ3n) is 3.59. The molecule has 0 saturated heterocycles. The van der Waals surface area contributed by atoms with Crippen molar-refractivity contribution in [1.29, 1.82) is 0 Å². The van der Waals surface area contributed by atoms with Crippen LogP contribution in [0, 0.1) is 0 Å². The molecule has 3 rings (SSSR count). The first kappa shape index (κ1) is 13.8. The minimum absolute atomic E-state index is 0.552. The summed E-state index contributed by atoms with van der Waals surface area (Å²) in [6, 6.07) is 6.09. The first-order valence-electron chi connectivity index (χ1n) is 7.49. The van der Waals surface area contributed by atoms with Crippen LogP contribution in [-0.2, 0) is 6.54 Å². The molecular formula is C16H21N5. The first-order chi connectivity index (χ1) is 10.3. The first-order valence-corrected chi connectivity index (χ1v) is 7.49. The largest absolute Gasteiger partial charge is 0.370 e. The zero-order valence-electron chi connectivity index (χ0n) is 12.6. The maximum absolute atomic E-state index is 4.73. The van der Waals surface area contributed by atoms with Gasteiger partial charge in [-0.3, -0.25) is 4.98 Å². The van der Waals surface area contributed by atoms with Crippen LogP contribution in [0.4, 0.5) is 11.6 Å². The Morgan fingerprint density at radius 2 is 2.00 bits per heavy atom. The van der Waals surface area contributed by atoms with Gasteiger partial charge < -0.3 is 10.2 Å². The molecule has 2 heterocycles. The average molecular weight is 283 g/mol. The molecule has 0 spiro atoms. The molecule has 1 fully saturated rings. The summed E-state index contributed by atoms with van der Waals surface area (Å²) in [6.07, 6.45) is 6.07. The lowest BCUT2D eigenvalue weighted by Crippen LogP contribution is -2.19. The smallest absolute Gasteiger partial charge is 0.136 e. The van der Waals surface area contributed by atoms with E-state index in [1.54, 1.807) is 0 Å². The number of rotatable bonds is 6. The Balaban J connectivity index is 1.82. The Morgan fingerprint density at radius 1 is 1.24 bits per heavy atom. The highest BCUT2D eigenvalue weighted by Crippen LogP contribution is 2.39. The Hall–Kier alpha value is -2.17. The van der Waals surface area contributed by atoms with Gasteiger partial charge in [0.15, 0.2) is 0 Å². The second kappa shape index (κ2) is 6.08. The zero-order chi connectivity index (χ0) is 14.7. The summed E-state index contributed by atoms with van der Waals surface area (Å²) in [5, 5.41) is 3.30. The molecule has 1 aliphatic carbocycles. The van der Waals surface area contributed by atoms with E-state index in [-0.39, 0.29) is 0 Å². The van der Waals surface area contributed by atoms with Crippen LogP contribution in [0.25, 0.3) is 0 Å². The Bertz CT molecular complexity index is 595. The van der Waals surface area contributed by atoms with Gasteiger partial charge in [-0.1, -0.05) is 0 Å². The van der Waals surface area contributed by atoms with Crippen LogP contribution < -0.4 is 10.2 Å². The van der Waals surface area contributed by atoms with Gasteiger partial charge in [0.25, 0.3) is 0 Å². The number of aromatic nitrogens is 3. The minimum atomic E-state index is 0.552. The van der Waals surface area contributed by atoms with E-state index in [1.807, 2.05) is 30.6 Å². The quantitative estimate of drug-likeness (QED) is 0.883. The lowest BCUT2D eigenvalue weighted by atomic mass is 10.2. The molecule has 2 aromatic heterocycles. The van der Waals surface area contributed by atoms with Crippen molar-refractivity contribution >= 4 is 11.6 Å². The van der Waals surface area contributed by atoms with Crippen molar-refractivity contribution in [2.75, 3.05) is 23.8 Å². The van der Waals surface area contributed by atoms with Crippen molar-refractivity contribution < 1.29 is 0 Å². The molecule has 0 amide bonds. The van der Waals surface area contributed by atoms with Crippen LogP contribution in [0.1, 0.15) is 37.1 Å². The van der Waals surface area contributed by atoms with Crippen LogP contribution in [0.3, 0.4) is 0 Å². The monoisotopic (exact) mass is 283 g/mol. The van der Waals surface area contributed by atoms with Gasteiger partial charge in [-0.2, -0.15) is 0 Å². The highest BCUT2D eigenvalue weighted by atomic mass is 15.2. The van der Waals surface area contributed by atoms with Crippen LogP contribution in [0.5, 0.6) is 0 Å². The van der Waals surface area contributed by atoms with E-state index in [2.05, 4.69) is 34.2 Å². The van der Waals surface area contributed by atoms with Crippen LogP contribution >= 0.6 is 0 Å². The van der Waals surface area contributed by atoms with Crippen molar-refractivity contribution in [3.05, 3.63) is 42.0 Å². The maximum Gasteiger partial charge on any atom is 0.136 e. The van der Waals surface area contributed by atoms with E-state index in [4.69, 9.17) is 4.98 Å². The summed E-state index contributed by atoms with van der Waals surface area (Å²) >= 11 is 0. The summed E-state index contributed by atoms with van der Waals surface area (Å²) in [5.74, 6) is 3.42. The highest BCUT2D eigenvalue weighted by molar-refractivity contribution is 5.50. The number of nitrogens with zero attached hydrogens (tertiary/aromatic N) is 4. The molecule has 0 atom stereocenters. The number of nitrogens with one attached hydrogen (secondary N) is 1. The topological polar surface area (TPSA) is 53.9 Å². The molecule has 110 valence electrons. The Kier molecular flexibility index (Phi) is 3.99. The third kappa shape index (κ3) is 3.48. The third-order valence-corrected chi connectivity index (χ3v) is 3.59. The number of hydrogen-bond acceptors (Lipinski definition) is 5. The van der Waals surface area contributed by atoms with E-state index in [9.17, 15) is 0 Å². The summed E-state index contributed by atoms with van der Waals surface area (Å²) in [6.45, 7) is 3.77. The molecule has 0 bridgehead atoms. The van der Waals surface area contributed by atoms with Crippen molar-refractivity contribution in [2.45, 2.75) is 32.2 Å². The SMILES string of the molecule is CCNc1cc(N(C)Cc2ccncc2)nc(C2CC2)n1. The van der Waals surface area contributed by atoms with Gasteiger partial charge in [-0.25, -0.2) is 9.97 Å². The van der Waals surface area contributed by atoms with Gasteiger partial charge >= 0.3 is 0 Å². The molecular weight excluding hydrogens is 262 g/mol. The molecule has 0 radical (unpaired) electrons. The number of anilines is 2. The van der Waals surface area contributed by atoms with Crippen LogP contribution in [0.2, 0.25) is 0 Å². The fraction of sp³-hybridized carbons (Fsp3) is 0.438. The van der Waals surface area contributed by atoms with Crippen molar-refractivity contribution in [1.82, 2.24) is 15.0 Å². The maximum atomic E-state index is 4.73. The van der Waals surface area contributed by atoms with Gasteiger partial charge in [0.1, 0.15) is 17.5 Å². The minimum Gasteiger partial charge on any atom is -0.370 e. The van der Waals surface area contributed by atoms with Crippen LogP contribution in [-0.4, -0.2) is 28.5 Å². The second-order valence-electron chi connectivity index (χ2n) is 5.49. The van der Waals surface area contributed by atoms with Crippen molar-refractivity contribution in [3.63, 3.8) is 0 Å². The molecule has 0 aliphatic heterocycles. The predicted octanol–water partition coefficient (Wildman–Crippen LogP) is 2.82.